The topological polar surface area (TPSA) is 45.0 Å². The summed E-state index contributed by atoms with van der Waals surface area (Å²) in [6.07, 6.45) is 0. The molecule has 1 aromatic carbocycles. The normalized spacial score (nSPS) is 12.1. The van der Waals surface area contributed by atoms with Gasteiger partial charge in [-0.1, -0.05) is 24.3 Å². The number of nitrogens with zero attached hydrogens (tertiary/aromatic N) is 1. The first-order chi connectivity index (χ1) is 7.77. The summed E-state index contributed by atoms with van der Waals surface area (Å²) in [6, 6.07) is 10.2. The average molecular weight is 218 g/mol. The lowest BCUT2D eigenvalue weighted by molar-refractivity contribution is 0.133. The fraction of sp³-hybridized carbons (Fsp3) is 0.462. The highest BCUT2D eigenvalue weighted by molar-refractivity contribution is 5.26. The number of hydrogen-bond acceptors (Lipinski definition) is 3. The third kappa shape index (κ3) is 4.01. The van der Waals surface area contributed by atoms with Gasteiger partial charge in [-0.2, -0.15) is 5.26 Å². The van der Waals surface area contributed by atoms with E-state index in [4.69, 9.17) is 10.00 Å². The summed E-state index contributed by atoms with van der Waals surface area (Å²) in [5, 5.41) is 11.8. The van der Waals surface area contributed by atoms with Crippen molar-refractivity contribution in [3.05, 3.63) is 35.4 Å². The Balaban J connectivity index is 2.60. The van der Waals surface area contributed by atoms with Gasteiger partial charge in [0.05, 0.1) is 18.7 Å². The van der Waals surface area contributed by atoms with Gasteiger partial charge in [-0.25, -0.2) is 0 Å². The molecular weight excluding hydrogens is 200 g/mol. The summed E-state index contributed by atoms with van der Waals surface area (Å²) in [7, 11) is 0. The number of rotatable bonds is 6. The van der Waals surface area contributed by atoms with Gasteiger partial charge in [0.2, 0.25) is 0 Å². The lowest BCUT2D eigenvalue weighted by Gasteiger charge is -2.11. The van der Waals surface area contributed by atoms with E-state index in [1.54, 1.807) is 0 Å². The molecule has 0 aromatic heterocycles. The fourth-order valence-corrected chi connectivity index (χ4v) is 1.39. The summed E-state index contributed by atoms with van der Waals surface area (Å²) in [5.41, 5.74) is 2.38. The minimum atomic E-state index is -0.125. The quantitative estimate of drug-likeness (QED) is 0.796. The van der Waals surface area contributed by atoms with E-state index in [0.29, 0.717) is 13.2 Å². The van der Waals surface area contributed by atoms with Crippen LogP contribution in [-0.4, -0.2) is 12.6 Å². The zero-order chi connectivity index (χ0) is 11.8. The van der Waals surface area contributed by atoms with Crippen LogP contribution in [-0.2, 0) is 17.9 Å². The molecule has 1 unspecified atom stereocenters. The molecule has 0 aliphatic rings. The Morgan fingerprint density at radius 1 is 1.38 bits per heavy atom. The molecule has 86 valence electrons. The smallest absolute Gasteiger partial charge is 0.0927 e. The minimum absolute atomic E-state index is 0.125. The molecule has 1 N–H and O–H groups in total. The number of nitriles is 1. The Morgan fingerprint density at radius 2 is 2.06 bits per heavy atom. The molecule has 0 fully saturated rings. The number of hydrogen-bond donors (Lipinski definition) is 1. The molecule has 3 nitrogen and oxygen atoms in total. The van der Waals surface area contributed by atoms with Crippen molar-refractivity contribution < 1.29 is 4.74 Å². The molecule has 0 saturated carbocycles. The summed E-state index contributed by atoms with van der Waals surface area (Å²) < 4.78 is 5.40. The fourth-order valence-electron chi connectivity index (χ4n) is 1.39. The zero-order valence-electron chi connectivity index (χ0n) is 9.86. The molecule has 0 aliphatic heterocycles. The highest BCUT2D eigenvalue weighted by atomic mass is 16.5. The van der Waals surface area contributed by atoms with Crippen LogP contribution in [0.2, 0.25) is 0 Å². The summed E-state index contributed by atoms with van der Waals surface area (Å²) >= 11 is 0. The van der Waals surface area contributed by atoms with Crippen LogP contribution in [0.5, 0.6) is 0 Å². The molecule has 0 aliphatic carbocycles. The largest absolute Gasteiger partial charge is 0.377 e. The van der Waals surface area contributed by atoms with Crippen LogP contribution < -0.4 is 5.32 Å². The van der Waals surface area contributed by atoms with Crippen LogP contribution in [0.3, 0.4) is 0 Å². The molecule has 3 heteroatoms. The van der Waals surface area contributed by atoms with Crippen molar-refractivity contribution in [1.29, 1.82) is 5.26 Å². The Hall–Kier alpha value is -1.37. The molecule has 1 rings (SSSR count). The van der Waals surface area contributed by atoms with Gasteiger partial charge in [0.25, 0.3) is 0 Å². The van der Waals surface area contributed by atoms with Gasteiger partial charge in [0.15, 0.2) is 0 Å². The van der Waals surface area contributed by atoms with Crippen LogP contribution >= 0.6 is 0 Å². The minimum Gasteiger partial charge on any atom is -0.377 e. The number of ether oxygens (including phenoxy) is 1. The molecule has 1 atom stereocenters. The van der Waals surface area contributed by atoms with Crippen LogP contribution in [0.1, 0.15) is 25.0 Å². The molecule has 0 radical (unpaired) electrons. The highest BCUT2D eigenvalue weighted by Gasteiger charge is 2.03. The maximum absolute atomic E-state index is 8.69. The molecule has 0 heterocycles. The van der Waals surface area contributed by atoms with Gasteiger partial charge in [-0.3, -0.25) is 5.32 Å². The van der Waals surface area contributed by atoms with Crippen LogP contribution in [0, 0.1) is 11.3 Å². The van der Waals surface area contributed by atoms with Crippen molar-refractivity contribution in [2.75, 3.05) is 6.61 Å². The molecule has 0 spiro atoms. The van der Waals surface area contributed by atoms with Crippen molar-refractivity contribution in [2.45, 2.75) is 33.0 Å². The standard InChI is InChI=1S/C13H18N2O/c1-3-16-10-13-7-5-4-6-12(13)9-15-11(2)8-14/h4-7,11,15H,3,9-10H2,1-2H3. The Kier molecular flexibility index (Phi) is 5.55. The summed E-state index contributed by atoms with van der Waals surface area (Å²) in [4.78, 5) is 0. The predicted octanol–water partition coefficient (Wildman–Crippen LogP) is 2.22. The molecule has 1 aromatic rings. The van der Waals surface area contributed by atoms with Crippen molar-refractivity contribution in [2.24, 2.45) is 0 Å². The summed E-state index contributed by atoms with van der Waals surface area (Å²) in [6.45, 7) is 5.90. The van der Waals surface area contributed by atoms with Gasteiger partial charge >= 0.3 is 0 Å². The third-order valence-electron chi connectivity index (χ3n) is 2.37. The first-order valence-corrected chi connectivity index (χ1v) is 5.55. The Bertz CT molecular complexity index is 357. The van der Waals surface area contributed by atoms with Crippen molar-refractivity contribution in [1.82, 2.24) is 5.32 Å². The van der Waals surface area contributed by atoms with Gasteiger partial charge in [-0.15, -0.1) is 0 Å². The van der Waals surface area contributed by atoms with E-state index < -0.39 is 0 Å². The molecule has 0 bridgehead atoms. The first kappa shape index (κ1) is 12.7. The second-order valence-corrected chi connectivity index (χ2v) is 3.64. The second-order valence-electron chi connectivity index (χ2n) is 3.64. The van der Waals surface area contributed by atoms with Crippen LogP contribution in [0.4, 0.5) is 0 Å². The van der Waals surface area contributed by atoms with E-state index in [1.807, 2.05) is 26.0 Å². The lowest BCUT2D eigenvalue weighted by Crippen LogP contribution is -2.24. The Morgan fingerprint density at radius 3 is 2.69 bits per heavy atom. The van der Waals surface area contributed by atoms with E-state index in [-0.39, 0.29) is 6.04 Å². The predicted molar refractivity (Wildman–Crippen MR) is 63.7 cm³/mol. The van der Waals surface area contributed by atoms with Gasteiger partial charge in [0, 0.05) is 13.2 Å². The average Bonchev–Trinajstić information content (AvgIpc) is 2.34. The zero-order valence-corrected chi connectivity index (χ0v) is 9.86. The third-order valence-corrected chi connectivity index (χ3v) is 2.37. The molecule has 16 heavy (non-hydrogen) atoms. The van der Waals surface area contributed by atoms with Crippen molar-refractivity contribution >= 4 is 0 Å². The number of nitrogens with one attached hydrogen (secondary N) is 1. The lowest BCUT2D eigenvalue weighted by atomic mass is 10.1. The van der Waals surface area contributed by atoms with E-state index in [0.717, 1.165) is 6.61 Å². The van der Waals surface area contributed by atoms with Gasteiger partial charge < -0.3 is 4.74 Å². The second kappa shape index (κ2) is 7.00. The maximum Gasteiger partial charge on any atom is 0.0927 e. The molecule has 0 amide bonds. The number of benzene rings is 1. The highest BCUT2D eigenvalue weighted by Crippen LogP contribution is 2.10. The molecular formula is C13H18N2O. The van der Waals surface area contributed by atoms with Crippen LogP contribution in [0.25, 0.3) is 0 Å². The maximum atomic E-state index is 8.69. The van der Waals surface area contributed by atoms with Crippen molar-refractivity contribution in [3.8, 4) is 6.07 Å². The molecule has 0 saturated heterocycles. The van der Waals surface area contributed by atoms with E-state index in [1.165, 1.54) is 11.1 Å². The van der Waals surface area contributed by atoms with Gasteiger partial charge in [0.1, 0.15) is 0 Å². The van der Waals surface area contributed by atoms with E-state index in [9.17, 15) is 0 Å². The Labute approximate surface area is 97.0 Å². The van der Waals surface area contributed by atoms with Crippen LogP contribution in [0.15, 0.2) is 24.3 Å². The van der Waals surface area contributed by atoms with Gasteiger partial charge in [-0.05, 0) is 25.0 Å². The van der Waals surface area contributed by atoms with E-state index >= 15 is 0 Å². The SMILES string of the molecule is CCOCc1ccccc1CNC(C)C#N. The van der Waals surface area contributed by atoms with Crippen molar-refractivity contribution in [3.63, 3.8) is 0 Å². The monoisotopic (exact) mass is 218 g/mol. The summed E-state index contributed by atoms with van der Waals surface area (Å²) in [5.74, 6) is 0. The first-order valence-electron chi connectivity index (χ1n) is 5.55. The van der Waals surface area contributed by atoms with E-state index in [2.05, 4.69) is 23.5 Å².